The van der Waals surface area contributed by atoms with E-state index in [1.807, 2.05) is 0 Å². The van der Waals surface area contributed by atoms with Crippen molar-refractivity contribution in [1.29, 1.82) is 0 Å². The summed E-state index contributed by atoms with van der Waals surface area (Å²) in [5.74, 6) is 1.04. The summed E-state index contributed by atoms with van der Waals surface area (Å²) >= 11 is 0. The first-order valence-electron chi connectivity index (χ1n) is 7.87. The van der Waals surface area contributed by atoms with Crippen LogP contribution in [0.1, 0.15) is 45.9 Å². The van der Waals surface area contributed by atoms with Crippen LogP contribution in [0.25, 0.3) is 11.0 Å². The number of aromatic amines is 1. The molecule has 2 heterocycles. The summed E-state index contributed by atoms with van der Waals surface area (Å²) in [7, 11) is 0. The van der Waals surface area contributed by atoms with Gasteiger partial charge >= 0.3 is 0 Å². The fourth-order valence-electron chi connectivity index (χ4n) is 2.74. The van der Waals surface area contributed by atoms with Crippen molar-refractivity contribution in [3.63, 3.8) is 0 Å². The smallest absolute Gasteiger partial charge is 0.112 e. The SMILES string of the molecule is CC(C)(C)c1nc2ccc(NC3CCCOCC3)cc2[nH]1. The van der Waals surface area contributed by atoms with Crippen LogP contribution < -0.4 is 5.32 Å². The summed E-state index contributed by atoms with van der Waals surface area (Å²) in [6, 6.07) is 6.90. The zero-order valence-electron chi connectivity index (χ0n) is 13.2. The second kappa shape index (κ2) is 5.68. The van der Waals surface area contributed by atoms with Gasteiger partial charge in [0.2, 0.25) is 0 Å². The van der Waals surface area contributed by atoms with E-state index in [2.05, 4.69) is 54.3 Å². The molecule has 1 unspecified atom stereocenters. The number of anilines is 1. The lowest BCUT2D eigenvalue weighted by Crippen LogP contribution is -2.19. The molecule has 1 aromatic carbocycles. The van der Waals surface area contributed by atoms with Crippen molar-refractivity contribution in [2.45, 2.75) is 51.5 Å². The molecule has 4 nitrogen and oxygen atoms in total. The molecule has 1 atom stereocenters. The minimum absolute atomic E-state index is 0.0469. The molecule has 4 heteroatoms. The van der Waals surface area contributed by atoms with Gasteiger partial charge in [-0.3, -0.25) is 0 Å². The highest BCUT2D eigenvalue weighted by molar-refractivity contribution is 5.79. The highest BCUT2D eigenvalue weighted by atomic mass is 16.5. The van der Waals surface area contributed by atoms with Crippen LogP contribution in [0.2, 0.25) is 0 Å². The topological polar surface area (TPSA) is 49.9 Å². The highest BCUT2D eigenvalue weighted by Crippen LogP contribution is 2.25. The van der Waals surface area contributed by atoms with Crippen LogP contribution in [-0.4, -0.2) is 29.2 Å². The van der Waals surface area contributed by atoms with E-state index in [0.717, 1.165) is 42.9 Å². The number of benzene rings is 1. The van der Waals surface area contributed by atoms with Crippen LogP contribution >= 0.6 is 0 Å². The van der Waals surface area contributed by atoms with Crippen molar-refractivity contribution in [2.24, 2.45) is 0 Å². The minimum Gasteiger partial charge on any atom is -0.382 e. The second-order valence-electron chi connectivity index (χ2n) is 6.95. The van der Waals surface area contributed by atoms with Crippen LogP contribution in [0.5, 0.6) is 0 Å². The third-order valence-corrected chi connectivity index (χ3v) is 4.01. The molecule has 1 saturated heterocycles. The first kappa shape index (κ1) is 14.4. The van der Waals surface area contributed by atoms with Gasteiger partial charge in [-0.05, 0) is 37.5 Å². The number of aromatic nitrogens is 2. The van der Waals surface area contributed by atoms with E-state index in [1.54, 1.807) is 0 Å². The predicted molar refractivity (Wildman–Crippen MR) is 86.9 cm³/mol. The third-order valence-electron chi connectivity index (χ3n) is 4.01. The summed E-state index contributed by atoms with van der Waals surface area (Å²) in [6.45, 7) is 8.28. The van der Waals surface area contributed by atoms with E-state index in [1.165, 1.54) is 12.1 Å². The first-order chi connectivity index (χ1) is 10.0. The molecule has 114 valence electrons. The molecular weight excluding hydrogens is 262 g/mol. The molecule has 0 saturated carbocycles. The van der Waals surface area contributed by atoms with Gasteiger partial charge in [0, 0.05) is 30.4 Å². The molecule has 1 aliphatic rings. The molecule has 1 aromatic heterocycles. The van der Waals surface area contributed by atoms with Gasteiger partial charge in [-0.25, -0.2) is 4.98 Å². The van der Waals surface area contributed by atoms with Crippen molar-refractivity contribution in [1.82, 2.24) is 9.97 Å². The number of hydrogen-bond acceptors (Lipinski definition) is 3. The number of H-pyrrole nitrogens is 1. The maximum Gasteiger partial charge on any atom is 0.112 e. The van der Waals surface area contributed by atoms with E-state index < -0.39 is 0 Å². The largest absolute Gasteiger partial charge is 0.382 e. The number of nitrogens with one attached hydrogen (secondary N) is 2. The van der Waals surface area contributed by atoms with Gasteiger partial charge in [-0.1, -0.05) is 20.8 Å². The molecule has 0 radical (unpaired) electrons. The van der Waals surface area contributed by atoms with E-state index in [-0.39, 0.29) is 5.41 Å². The Kier molecular flexibility index (Phi) is 3.89. The zero-order valence-corrected chi connectivity index (χ0v) is 13.2. The molecule has 0 bridgehead atoms. The van der Waals surface area contributed by atoms with Gasteiger partial charge in [-0.15, -0.1) is 0 Å². The molecule has 0 spiro atoms. The Morgan fingerprint density at radius 3 is 2.90 bits per heavy atom. The Balaban J connectivity index is 1.80. The van der Waals surface area contributed by atoms with Crippen LogP contribution in [0, 0.1) is 0 Å². The third kappa shape index (κ3) is 3.38. The molecule has 21 heavy (non-hydrogen) atoms. The van der Waals surface area contributed by atoms with Crippen LogP contribution in [0.15, 0.2) is 18.2 Å². The number of rotatable bonds is 2. The summed E-state index contributed by atoms with van der Waals surface area (Å²) < 4.78 is 5.52. The van der Waals surface area contributed by atoms with Gasteiger partial charge in [-0.2, -0.15) is 0 Å². The van der Waals surface area contributed by atoms with Crippen molar-refractivity contribution >= 4 is 16.7 Å². The molecule has 2 N–H and O–H groups in total. The number of imidazole rings is 1. The van der Waals surface area contributed by atoms with Gasteiger partial charge in [0.1, 0.15) is 5.82 Å². The number of nitrogens with zero attached hydrogens (tertiary/aromatic N) is 1. The van der Waals surface area contributed by atoms with Gasteiger partial charge < -0.3 is 15.0 Å². The van der Waals surface area contributed by atoms with Gasteiger partial charge in [0.25, 0.3) is 0 Å². The summed E-state index contributed by atoms with van der Waals surface area (Å²) in [5, 5.41) is 3.63. The molecule has 0 aliphatic carbocycles. The lowest BCUT2D eigenvalue weighted by atomic mass is 9.96. The molecular formula is C17H25N3O. The summed E-state index contributed by atoms with van der Waals surface area (Å²) in [6.07, 6.45) is 3.39. The maximum atomic E-state index is 5.52. The Morgan fingerprint density at radius 2 is 2.10 bits per heavy atom. The van der Waals surface area contributed by atoms with Crippen molar-refractivity contribution in [3.8, 4) is 0 Å². The molecule has 2 aromatic rings. The van der Waals surface area contributed by atoms with Crippen molar-refractivity contribution in [3.05, 3.63) is 24.0 Å². The average Bonchev–Trinajstić information content (AvgIpc) is 2.69. The average molecular weight is 287 g/mol. The lowest BCUT2D eigenvalue weighted by molar-refractivity contribution is 0.144. The summed E-state index contributed by atoms with van der Waals surface area (Å²) in [4.78, 5) is 8.13. The Hall–Kier alpha value is -1.55. The summed E-state index contributed by atoms with van der Waals surface area (Å²) in [5.41, 5.74) is 3.36. The fraction of sp³-hybridized carbons (Fsp3) is 0.588. The number of ether oxygens (including phenoxy) is 1. The molecule has 3 rings (SSSR count). The van der Waals surface area contributed by atoms with Crippen LogP contribution in [-0.2, 0) is 10.2 Å². The van der Waals surface area contributed by atoms with Gasteiger partial charge in [0.15, 0.2) is 0 Å². The first-order valence-corrected chi connectivity index (χ1v) is 7.87. The van der Waals surface area contributed by atoms with Gasteiger partial charge in [0.05, 0.1) is 11.0 Å². The van der Waals surface area contributed by atoms with E-state index in [9.17, 15) is 0 Å². The Morgan fingerprint density at radius 1 is 1.24 bits per heavy atom. The minimum atomic E-state index is 0.0469. The van der Waals surface area contributed by atoms with Crippen LogP contribution in [0.4, 0.5) is 5.69 Å². The Bertz CT molecular complexity index is 604. The molecule has 1 fully saturated rings. The quantitative estimate of drug-likeness (QED) is 0.882. The maximum absolute atomic E-state index is 5.52. The van der Waals surface area contributed by atoms with Crippen molar-refractivity contribution < 1.29 is 4.74 Å². The number of hydrogen-bond donors (Lipinski definition) is 2. The second-order valence-corrected chi connectivity index (χ2v) is 6.95. The van der Waals surface area contributed by atoms with E-state index in [4.69, 9.17) is 4.74 Å². The van der Waals surface area contributed by atoms with E-state index >= 15 is 0 Å². The molecule has 1 aliphatic heterocycles. The normalized spacial score (nSPS) is 20.4. The lowest BCUT2D eigenvalue weighted by Gasteiger charge is -2.16. The predicted octanol–water partition coefficient (Wildman–Crippen LogP) is 3.84. The molecule has 0 amide bonds. The standard InChI is InChI=1S/C17H25N3O/c1-17(2,3)16-19-14-7-6-13(11-15(14)20-16)18-12-5-4-9-21-10-8-12/h6-7,11-12,18H,4-5,8-10H2,1-3H3,(H,19,20). The Labute approximate surface area is 126 Å². The zero-order chi connectivity index (χ0) is 14.9. The number of fused-ring (bicyclic) bond motifs is 1. The fourth-order valence-corrected chi connectivity index (χ4v) is 2.74. The highest BCUT2D eigenvalue weighted by Gasteiger charge is 2.18. The van der Waals surface area contributed by atoms with Crippen molar-refractivity contribution in [2.75, 3.05) is 18.5 Å². The monoisotopic (exact) mass is 287 g/mol. The van der Waals surface area contributed by atoms with Crippen LogP contribution in [0.3, 0.4) is 0 Å². The van der Waals surface area contributed by atoms with E-state index in [0.29, 0.717) is 6.04 Å².